The standard InChI is InChI=1S/C13H24N2O/c1-2-11(14)12(16)15-9-7-13(8-10-15)5-3-4-6-13/h11H,2-10,14H2,1H3/t11-/m1/s1. The zero-order valence-corrected chi connectivity index (χ0v) is 10.4. The summed E-state index contributed by atoms with van der Waals surface area (Å²) in [4.78, 5) is 13.9. The lowest BCUT2D eigenvalue weighted by atomic mass is 9.77. The van der Waals surface area contributed by atoms with Crippen LogP contribution in [0.5, 0.6) is 0 Å². The highest BCUT2D eigenvalue weighted by molar-refractivity contribution is 5.81. The van der Waals surface area contributed by atoms with E-state index >= 15 is 0 Å². The molecule has 1 heterocycles. The molecule has 0 aromatic carbocycles. The number of amides is 1. The number of hydrogen-bond acceptors (Lipinski definition) is 2. The van der Waals surface area contributed by atoms with Gasteiger partial charge in [-0.05, 0) is 37.5 Å². The van der Waals surface area contributed by atoms with E-state index in [0.717, 1.165) is 19.5 Å². The molecule has 0 bridgehead atoms. The molecule has 1 amide bonds. The Morgan fingerprint density at radius 3 is 2.31 bits per heavy atom. The molecular formula is C13H24N2O. The van der Waals surface area contributed by atoms with Gasteiger partial charge in [-0.3, -0.25) is 4.79 Å². The first-order valence-electron chi connectivity index (χ1n) is 6.71. The normalized spacial score (nSPS) is 26.0. The van der Waals surface area contributed by atoms with E-state index in [9.17, 15) is 4.79 Å². The molecule has 1 saturated heterocycles. The maximum Gasteiger partial charge on any atom is 0.239 e. The van der Waals surface area contributed by atoms with Gasteiger partial charge in [-0.25, -0.2) is 0 Å². The van der Waals surface area contributed by atoms with Crippen molar-refractivity contribution < 1.29 is 4.79 Å². The van der Waals surface area contributed by atoms with Crippen molar-refractivity contribution in [1.82, 2.24) is 4.90 Å². The zero-order valence-electron chi connectivity index (χ0n) is 10.4. The molecule has 92 valence electrons. The number of carbonyl (C=O) groups is 1. The molecule has 0 radical (unpaired) electrons. The third kappa shape index (κ3) is 2.24. The minimum atomic E-state index is -0.280. The molecule has 1 spiro atoms. The summed E-state index contributed by atoms with van der Waals surface area (Å²) in [6, 6.07) is -0.280. The highest BCUT2D eigenvalue weighted by Gasteiger charge is 2.38. The van der Waals surface area contributed by atoms with Gasteiger partial charge in [0.2, 0.25) is 5.91 Å². The van der Waals surface area contributed by atoms with Crippen LogP contribution in [-0.2, 0) is 4.79 Å². The third-order valence-corrected chi connectivity index (χ3v) is 4.56. The second-order valence-corrected chi connectivity index (χ2v) is 5.55. The lowest BCUT2D eigenvalue weighted by Crippen LogP contribution is -2.48. The van der Waals surface area contributed by atoms with Gasteiger partial charge in [0.05, 0.1) is 6.04 Å². The smallest absolute Gasteiger partial charge is 0.239 e. The van der Waals surface area contributed by atoms with Gasteiger partial charge in [-0.2, -0.15) is 0 Å². The molecule has 1 aliphatic heterocycles. The molecule has 3 heteroatoms. The fraction of sp³-hybridized carbons (Fsp3) is 0.923. The van der Waals surface area contributed by atoms with Gasteiger partial charge in [-0.15, -0.1) is 0 Å². The largest absolute Gasteiger partial charge is 0.341 e. The van der Waals surface area contributed by atoms with Crippen LogP contribution < -0.4 is 5.73 Å². The Bertz CT molecular complexity index is 249. The summed E-state index contributed by atoms with van der Waals surface area (Å²) in [5, 5.41) is 0. The van der Waals surface area contributed by atoms with Crippen molar-refractivity contribution in [3.05, 3.63) is 0 Å². The van der Waals surface area contributed by atoms with Gasteiger partial charge in [0.1, 0.15) is 0 Å². The number of piperidine rings is 1. The minimum absolute atomic E-state index is 0.162. The quantitative estimate of drug-likeness (QED) is 0.778. The molecule has 16 heavy (non-hydrogen) atoms. The van der Waals surface area contributed by atoms with Gasteiger partial charge in [0.25, 0.3) is 0 Å². The Hall–Kier alpha value is -0.570. The maximum absolute atomic E-state index is 11.9. The van der Waals surface area contributed by atoms with Crippen LogP contribution in [0.25, 0.3) is 0 Å². The number of likely N-dealkylation sites (tertiary alicyclic amines) is 1. The summed E-state index contributed by atoms with van der Waals surface area (Å²) in [6.07, 6.45) is 8.71. The van der Waals surface area contributed by atoms with Gasteiger partial charge in [-0.1, -0.05) is 19.8 Å². The monoisotopic (exact) mass is 224 g/mol. The lowest BCUT2D eigenvalue weighted by Gasteiger charge is -2.40. The number of nitrogens with two attached hydrogens (primary N) is 1. The molecule has 0 unspecified atom stereocenters. The summed E-state index contributed by atoms with van der Waals surface area (Å²) in [5.74, 6) is 0.162. The maximum atomic E-state index is 11.9. The SMILES string of the molecule is CC[C@@H](N)C(=O)N1CCC2(CCCC2)CC1. The van der Waals surface area contributed by atoms with E-state index in [1.165, 1.54) is 38.5 Å². The van der Waals surface area contributed by atoms with Crippen LogP contribution in [0.4, 0.5) is 0 Å². The Morgan fingerprint density at radius 2 is 1.81 bits per heavy atom. The van der Waals surface area contributed by atoms with E-state index in [1.54, 1.807) is 0 Å². The first-order valence-corrected chi connectivity index (χ1v) is 6.71. The van der Waals surface area contributed by atoms with Gasteiger partial charge >= 0.3 is 0 Å². The van der Waals surface area contributed by atoms with Gasteiger partial charge < -0.3 is 10.6 Å². The van der Waals surface area contributed by atoms with Crippen molar-refractivity contribution in [3.63, 3.8) is 0 Å². The van der Waals surface area contributed by atoms with Crippen LogP contribution in [0, 0.1) is 5.41 Å². The van der Waals surface area contributed by atoms with Crippen molar-refractivity contribution >= 4 is 5.91 Å². The van der Waals surface area contributed by atoms with E-state index in [4.69, 9.17) is 5.73 Å². The first kappa shape index (κ1) is 11.9. The van der Waals surface area contributed by atoms with Crippen molar-refractivity contribution in [2.45, 2.75) is 57.9 Å². The Kier molecular flexibility index (Phi) is 3.53. The molecule has 1 aliphatic carbocycles. The van der Waals surface area contributed by atoms with Crippen LogP contribution in [0.3, 0.4) is 0 Å². The molecular weight excluding hydrogens is 200 g/mol. The first-order chi connectivity index (χ1) is 7.67. The number of carbonyl (C=O) groups excluding carboxylic acids is 1. The molecule has 2 aliphatic rings. The summed E-state index contributed by atoms with van der Waals surface area (Å²) >= 11 is 0. The molecule has 2 N–H and O–H groups in total. The molecule has 3 nitrogen and oxygen atoms in total. The van der Waals surface area contributed by atoms with Gasteiger partial charge in [0.15, 0.2) is 0 Å². The van der Waals surface area contributed by atoms with Crippen LogP contribution in [-0.4, -0.2) is 29.9 Å². The number of hydrogen-bond donors (Lipinski definition) is 1. The summed E-state index contributed by atoms with van der Waals surface area (Å²) in [7, 11) is 0. The molecule has 0 aromatic rings. The van der Waals surface area contributed by atoms with Gasteiger partial charge in [0, 0.05) is 13.1 Å². The number of nitrogens with zero attached hydrogens (tertiary/aromatic N) is 1. The highest BCUT2D eigenvalue weighted by atomic mass is 16.2. The second kappa shape index (κ2) is 4.74. The fourth-order valence-corrected chi connectivity index (χ4v) is 3.24. The van der Waals surface area contributed by atoms with E-state index in [2.05, 4.69) is 0 Å². The second-order valence-electron chi connectivity index (χ2n) is 5.55. The Labute approximate surface area is 98.4 Å². The Morgan fingerprint density at radius 1 is 1.25 bits per heavy atom. The highest BCUT2D eigenvalue weighted by Crippen LogP contribution is 2.46. The Balaban J connectivity index is 1.87. The van der Waals surface area contributed by atoms with Crippen molar-refractivity contribution in [2.75, 3.05) is 13.1 Å². The van der Waals surface area contributed by atoms with Crippen LogP contribution >= 0.6 is 0 Å². The topological polar surface area (TPSA) is 46.3 Å². The molecule has 2 fully saturated rings. The van der Waals surface area contributed by atoms with Crippen LogP contribution in [0.2, 0.25) is 0 Å². The summed E-state index contributed by atoms with van der Waals surface area (Å²) in [6.45, 7) is 3.85. The van der Waals surface area contributed by atoms with E-state index in [0.29, 0.717) is 5.41 Å². The van der Waals surface area contributed by atoms with E-state index < -0.39 is 0 Å². The average molecular weight is 224 g/mol. The fourth-order valence-electron chi connectivity index (χ4n) is 3.24. The van der Waals surface area contributed by atoms with E-state index in [-0.39, 0.29) is 11.9 Å². The van der Waals surface area contributed by atoms with Crippen molar-refractivity contribution in [1.29, 1.82) is 0 Å². The average Bonchev–Trinajstić information content (AvgIpc) is 2.77. The molecule has 1 saturated carbocycles. The third-order valence-electron chi connectivity index (χ3n) is 4.56. The van der Waals surface area contributed by atoms with Crippen LogP contribution in [0.1, 0.15) is 51.9 Å². The molecule has 2 rings (SSSR count). The predicted molar refractivity (Wildman–Crippen MR) is 65.0 cm³/mol. The van der Waals surface area contributed by atoms with Crippen LogP contribution in [0.15, 0.2) is 0 Å². The predicted octanol–water partition coefficient (Wildman–Crippen LogP) is 1.91. The molecule has 1 atom stereocenters. The van der Waals surface area contributed by atoms with E-state index in [1.807, 2.05) is 11.8 Å². The van der Waals surface area contributed by atoms with Crippen molar-refractivity contribution in [3.8, 4) is 0 Å². The summed E-state index contributed by atoms with van der Waals surface area (Å²) in [5.41, 5.74) is 6.39. The minimum Gasteiger partial charge on any atom is -0.341 e. The molecule has 0 aromatic heterocycles. The summed E-state index contributed by atoms with van der Waals surface area (Å²) < 4.78 is 0. The zero-order chi connectivity index (χ0) is 11.6. The van der Waals surface area contributed by atoms with Crippen molar-refractivity contribution in [2.24, 2.45) is 11.1 Å². The lowest BCUT2D eigenvalue weighted by molar-refractivity contribution is -0.135. The number of rotatable bonds is 2.